The van der Waals surface area contributed by atoms with Crippen molar-refractivity contribution >= 4 is 29.5 Å². The summed E-state index contributed by atoms with van der Waals surface area (Å²) in [5, 5.41) is 1.48. The second-order valence-corrected chi connectivity index (χ2v) is 10.7. The molecule has 208 valence electrons. The number of hydrazine groups is 1. The van der Waals surface area contributed by atoms with Crippen molar-refractivity contribution in [2.75, 3.05) is 20.1 Å². The van der Waals surface area contributed by atoms with Crippen molar-refractivity contribution in [3.8, 4) is 0 Å². The zero-order valence-electron chi connectivity index (χ0n) is 23.8. The minimum Gasteiger partial charge on any atom is -0.444 e. The molecule has 0 aromatic heterocycles. The van der Waals surface area contributed by atoms with E-state index in [9.17, 15) is 9.59 Å². The molecule has 1 aliphatic rings. The van der Waals surface area contributed by atoms with Crippen LogP contribution in [0.15, 0.2) is 59.6 Å². The number of aliphatic imine (C=N–C) groups is 2. The Hall–Kier alpha value is -3.66. The Morgan fingerprint density at radius 1 is 1.21 bits per heavy atom. The lowest BCUT2D eigenvalue weighted by molar-refractivity contribution is 0.00813. The summed E-state index contributed by atoms with van der Waals surface area (Å²) in [5.41, 5.74) is 9.57. The maximum Gasteiger partial charge on any atom is 0.410 e. The molecule has 0 aliphatic carbocycles. The molecule has 0 spiro atoms. The summed E-state index contributed by atoms with van der Waals surface area (Å²) in [5.74, 6) is -0.0606. The Kier molecular flexibility index (Phi) is 10.2. The van der Waals surface area contributed by atoms with E-state index in [2.05, 4.69) is 28.6 Å². The molecule has 2 rings (SSSR count). The van der Waals surface area contributed by atoms with Crippen molar-refractivity contribution in [1.82, 2.24) is 20.2 Å². The molecule has 3 amide bonds. The monoisotopic (exact) mass is 525 g/mol. The van der Waals surface area contributed by atoms with Gasteiger partial charge in [-0.25, -0.2) is 24.9 Å². The van der Waals surface area contributed by atoms with Gasteiger partial charge in [-0.2, -0.15) is 0 Å². The van der Waals surface area contributed by atoms with Gasteiger partial charge in [-0.3, -0.25) is 10.0 Å². The number of piperidine rings is 1. The van der Waals surface area contributed by atoms with Crippen LogP contribution in [0.4, 0.5) is 9.59 Å². The van der Waals surface area contributed by atoms with Crippen LogP contribution in [0, 0.1) is 0 Å². The maximum absolute atomic E-state index is 14.1. The number of nitrogens with one attached hydrogen (secondary N) is 1. The quantitative estimate of drug-likeness (QED) is 0.306. The number of carbonyl (C=O) groups excluding carboxylic acids is 2. The van der Waals surface area contributed by atoms with Gasteiger partial charge in [-0.15, -0.1) is 0 Å². The van der Waals surface area contributed by atoms with Crippen LogP contribution in [0.25, 0.3) is 5.70 Å². The van der Waals surface area contributed by atoms with Crippen LogP contribution in [0.3, 0.4) is 0 Å². The topological polar surface area (TPSA) is 116 Å². The third-order valence-corrected chi connectivity index (χ3v) is 5.93. The number of hydrogen-bond acceptors (Lipinski definition) is 6. The van der Waals surface area contributed by atoms with Gasteiger partial charge < -0.3 is 15.4 Å². The maximum atomic E-state index is 14.1. The molecule has 10 nitrogen and oxygen atoms in total. The average Bonchev–Trinajstić information content (AvgIpc) is 2.83. The first kappa shape index (κ1) is 30.6. The van der Waals surface area contributed by atoms with Crippen LogP contribution < -0.4 is 11.2 Å². The lowest BCUT2D eigenvalue weighted by atomic mass is 10.1. The Labute approximate surface area is 226 Å². The van der Waals surface area contributed by atoms with Gasteiger partial charge >= 0.3 is 12.1 Å². The minimum absolute atomic E-state index is 0.0606. The number of urea groups is 1. The van der Waals surface area contributed by atoms with E-state index in [1.165, 1.54) is 9.91 Å². The second kappa shape index (κ2) is 12.7. The highest BCUT2D eigenvalue weighted by atomic mass is 16.6. The van der Waals surface area contributed by atoms with Crippen LogP contribution in [0.1, 0.15) is 59.9 Å². The predicted octanol–water partition coefficient (Wildman–Crippen LogP) is 4.61. The molecule has 1 saturated heterocycles. The number of ether oxygens (including phenoxy) is 1. The van der Waals surface area contributed by atoms with Gasteiger partial charge in [-0.1, -0.05) is 43.5 Å². The van der Waals surface area contributed by atoms with E-state index in [1.54, 1.807) is 38.8 Å². The van der Waals surface area contributed by atoms with Crippen LogP contribution in [-0.4, -0.2) is 76.0 Å². The van der Waals surface area contributed by atoms with Crippen LogP contribution in [0.5, 0.6) is 0 Å². The highest BCUT2D eigenvalue weighted by molar-refractivity contribution is 5.99. The molecule has 0 saturated carbocycles. The van der Waals surface area contributed by atoms with E-state index >= 15 is 0 Å². The van der Waals surface area contributed by atoms with Gasteiger partial charge in [0, 0.05) is 25.8 Å². The molecular formula is C28H43N7O3. The van der Waals surface area contributed by atoms with E-state index in [-0.39, 0.29) is 12.0 Å². The molecule has 0 radical (unpaired) electrons. The van der Waals surface area contributed by atoms with Crippen LogP contribution in [-0.2, 0) is 4.74 Å². The Bertz CT molecular complexity index is 1070. The smallest absolute Gasteiger partial charge is 0.410 e. The van der Waals surface area contributed by atoms with Crippen molar-refractivity contribution in [2.45, 2.75) is 71.7 Å². The molecule has 1 fully saturated rings. The molecule has 10 heteroatoms. The predicted molar refractivity (Wildman–Crippen MR) is 153 cm³/mol. The molecular weight excluding hydrogens is 482 g/mol. The third kappa shape index (κ3) is 8.17. The van der Waals surface area contributed by atoms with Gasteiger partial charge in [0.15, 0.2) is 0 Å². The average molecular weight is 526 g/mol. The fourth-order valence-electron chi connectivity index (χ4n) is 4.22. The number of nitrogens with zero attached hydrogens (tertiary/aromatic N) is 5. The van der Waals surface area contributed by atoms with E-state index < -0.39 is 23.4 Å². The van der Waals surface area contributed by atoms with E-state index in [0.717, 1.165) is 5.56 Å². The summed E-state index contributed by atoms with van der Waals surface area (Å²) in [6.07, 6.45) is 2.59. The molecule has 1 unspecified atom stereocenters. The second-order valence-electron chi connectivity index (χ2n) is 10.7. The number of likely N-dealkylation sites (tertiary alicyclic amines) is 1. The summed E-state index contributed by atoms with van der Waals surface area (Å²) in [6, 6.07) is 8.58. The summed E-state index contributed by atoms with van der Waals surface area (Å²) < 4.78 is 5.56. The zero-order chi connectivity index (χ0) is 28.7. The minimum atomic E-state index is -1.12. The standard InChI is InChI=1S/C28H43N7O3/c1-10-20(2)32-28(7,8)34(24(29)31-21(3)22-15-12-11-13-16-22)25(36)35(30-9)23-17-14-18-33(19-23)26(37)38-27(4,5)6/h10-13,15-16,23,30H,1,3,14,17-19H2,2,4-9H3,(H2,29,31)/b32-20-. The van der Waals surface area contributed by atoms with E-state index in [4.69, 9.17) is 10.5 Å². The summed E-state index contributed by atoms with van der Waals surface area (Å²) in [4.78, 5) is 39.0. The normalized spacial score (nSPS) is 17.0. The molecule has 3 N–H and O–H groups in total. The number of hydrogen-bond donors (Lipinski definition) is 2. The van der Waals surface area contributed by atoms with Gasteiger partial charge in [0.25, 0.3) is 0 Å². The first-order chi connectivity index (χ1) is 17.7. The molecule has 1 aromatic carbocycles. The molecule has 38 heavy (non-hydrogen) atoms. The van der Waals surface area contributed by atoms with Gasteiger partial charge in [0.1, 0.15) is 11.3 Å². The van der Waals surface area contributed by atoms with Gasteiger partial charge in [0.05, 0.1) is 11.7 Å². The SMILES string of the molecule is C=C/C(C)=N\C(C)(C)N(C(=O)N(NC)C1CCCN(C(=O)OC(C)(C)C)C1)/C(N)=N\C(=C)c1ccccc1. The van der Waals surface area contributed by atoms with Crippen molar-refractivity contribution in [3.63, 3.8) is 0 Å². The lowest BCUT2D eigenvalue weighted by Crippen LogP contribution is -2.64. The Balaban J connectivity index is 2.43. The number of allylic oxidation sites excluding steroid dienone is 1. The Morgan fingerprint density at radius 3 is 2.39 bits per heavy atom. The number of amides is 3. The molecule has 0 bridgehead atoms. The zero-order valence-corrected chi connectivity index (χ0v) is 23.8. The van der Waals surface area contributed by atoms with Crippen molar-refractivity contribution in [1.29, 1.82) is 0 Å². The fourth-order valence-corrected chi connectivity index (χ4v) is 4.22. The number of benzene rings is 1. The first-order valence-corrected chi connectivity index (χ1v) is 12.8. The highest BCUT2D eigenvalue weighted by Gasteiger charge is 2.40. The number of rotatable bonds is 7. The number of guanidine groups is 1. The van der Waals surface area contributed by atoms with Crippen molar-refractivity contribution in [2.24, 2.45) is 15.7 Å². The molecule has 1 aromatic rings. The fraction of sp³-hybridized carbons (Fsp3) is 0.500. The van der Waals surface area contributed by atoms with Crippen molar-refractivity contribution < 1.29 is 14.3 Å². The van der Waals surface area contributed by atoms with E-state index in [0.29, 0.717) is 37.3 Å². The van der Waals surface area contributed by atoms with Crippen LogP contribution in [0.2, 0.25) is 0 Å². The summed E-state index contributed by atoms with van der Waals surface area (Å²) in [6.45, 7) is 19.5. The first-order valence-electron chi connectivity index (χ1n) is 12.8. The summed E-state index contributed by atoms with van der Waals surface area (Å²) >= 11 is 0. The lowest BCUT2D eigenvalue weighted by Gasteiger charge is -2.43. The molecule has 1 aliphatic heterocycles. The van der Waals surface area contributed by atoms with Crippen LogP contribution >= 0.6 is 0 Å². The molecule has 1 atom stereocenters. The van der Waals surface area contributed by atoms with Crippen molar-refractivity contribution in [3.05, 3.63) is 55.1 Å². The van der Waals surface area contributed by atoms with Gasteiger partial charge in [0.2, 0.25) is 5.96 Å². The summed E-state index contributed by atoms with van der Waals surface area (Å²) in [7, 11) is 1.66. The Morgan fingerprint density at radius 2 is 1.84 bits per heavy atom. The van der Waals surface area contributed by atoms with Gasteiger partial charge in [-0.05, 0) is 66.0 Å². The largest absolute Gasteiger partial charge is 0.444 e. The highest BCUT2D eigenvalue weighted by Crippen LogP contribution is 2.24. The third-order valence-electron chi connectivity index (χ3n) is 5.93. The molecule has 1 heterocycles. The van der Waals surface area contributed by atoms with E-state index in [1.807, 2.05) is 51.1 Å². The number of carbonyl (C=O) groups is 2. The number of nitrogens with two attached hydrogens (primary N) is 1.